The topological polar surface area (TPSA) is 134 Å². The van der Waals surface area contributed by atoms with Crippen LogP contribution in [-0.2, 0) is 32.7 Å². The summed E-state index contributed by atoms with van der Waals surface area (Å²) in [6, 6.07) is 0. The minimum absolute atomic E-state index is 0.0553. The van der Waals surface area contributed by atoms with Gasteiger partial charge in [0.05, 0.1) is 13.2 Å². The molecule has 10 heteroatoms. The highest BCUT2D eigenvalue weighted by molar-refractivity contribution is 7.47. The van der Waals surface area contributed by atoms with Gasteiger partial charge in [-0.15, -0.1) is 0 Å². The van der Waals surface area contributed by atoms with Crippen molar-refractivity contribution in [3.8, 4) is 0 Å². The van der Waals surface area contributed by atoms with Crippen molar-refractivity contribution >= 4 is 19.8 Å². The molecule has 0 aromatic rings. The molecular formula is C64H118NO8P. The van der Waals surface area contributed by atoms with Crippen LogP contribution in [0.15, 0.2) is 60.8 Å². The number of esters is 2. The third kappa shape index (κ3) is 59.0. The van der Waals surface area contributed by atoms with Crippen LogP contribution in [0, 0.1) is 0 Å². The van der Waals surface area contributed by atoms with Gasteiger partial charge in [-0.25, -0.2) is 4.57 Å². The monoisotopic (exact) mass is 1060 g/mol. The molecule has 0 aliphatic carbocycles. The first kappa shape index (κ1) is 71.7. The second kappa shape index (κ2) is 59.9. The molecule has 0 spiro atoms. The molecule has 3 N–H and O–H groups in total. The smallest absolute Gasteiger partial charge is 0.462 e. The number of hydrogen-bond donors (Lipinski definition) is 2. The molecule has 432 valence electrons. The summed E-state index contributed by atoms with van der Waals surface area (Å²) in [5, 5.41) is 0. The first-order valence-electron chi connectivity index (χ1n) is 31.3. The van der Waals surface area contributed by atoms with Gasteiger partial charge in [0.25, 0.3) is 0 Å². The maximum atomic E-state index is 12.7. The number of ether oxygens (including phenoxy) is 2. The largest absolute Gasteiger partial charge is 0.472 e. The Hall–Kier alpha value is -2.29. The number of phosphoric acid groups is 1. The Morgan fingerprint density at radius 1 is 0.419 bits per heavy atom. The minimum Gasteiger partial charge on any atom is -0.462 e. The summed E-state index contributed by atoms with van der Waals surface area (Å²) >= 11 is 0. The van der Waals surface area contributed by atoms with Gasteiger partial charge in [0.15, 0.2) is 6.10 Å². The van der Waals surface area contributed by atoms with Crippen LogP contribution in [0.1, 0.15) is 303 Å². The first-order valence-corrected chi connectivity index (χ1v) is 32.8. The molecule has 0 rings (SSSR count). The Balaban J connectivity index is 3.81. The van der Waals surface area contributed by atoms with E-state index in [0.717, 1.165) is 64.2 Å². The lowest BCUT2D eigenvalue weighted by Crippen LogP contribution is -2.29. The average Bonchev–Trinajstić information content (AvgIpc) is 3.39. The zero-order chi connectivity index (χ0) is 53.8. The molecule has 0 bridgehead atoms. The predicted molar refractivity (Wildman–Crippen MR) is 316 cm³/mol. The van der Waals surface area contributed by atoms with E-state index < -0.39 is 26.5 Å². The van der Waals surface area contributed by atoms with Crippen molar-refractivity contribution in [1.29, 1.82) is 0 Å². The summed E-state index contributed by atoms with van der Waals surface area (Å²) in [4.78, 5) is 35.2. The van der Waals surface area contributed by atoms with Crippen LogP contribution in [0.5, 0.6) is 0 Å². The van der Waals surface area contributed by atoms with Gasteiger partial charge in [-0.1, -0.05) is 293 Å². The highest BCUT2D eigenvalue weighted by Gasteiger charge is 2.26. The summed E-state index contributed by atoms with van der Waals surface area (Å²) in [5.41, 5.74) is 5.38. The van der Waals surface area contributed by atoms with Crippen molar-refractivity contribution in [1.82, 2.24) is 0 Å². The van der Waals surface area contributed by atoms with Crippen molar-refractivity contribution in [3.05, 3.63) is 60.8 Å². The van der Waals surface area contributed by atoms with E-state index >= 15 is 0 Å². The van der Waals surface area contributed by atoms with Gasteiger partial charge in [0, 0.05) is 19.4 Å². The van der Waals surface area contributed by atoms with Gasteiger partial charge >= 0.3 is 19.8 Å². The summed E-state index contributed by atoms with van der Waals surface area (Å²) in [6.45, 7) is 3.68. The van der Waals surface area contributed by atoms with Crippen molar-refractivity contribution in [3.63, 3.8) is 0 Å². The van der Waals surface area contributed by atoms with E-state index in [1.165, 1.54) is 205 Å². The quantitative estimate of drug-likeness (QED) is 0.0264. The molecule has 0 radical (unpaired) electrons. The zero-order valence-corrected chi connectivity index (χ0v) is 49.2. The molecule has 0 aromatic heterocycles. The molecule has 0 saturated heterocycles. The number of carbonyl (C=O) groups excluding carboxylic acids is 2. The van der Waals surface area contributed by atoms with E-state index in [2.05, 4.69) is 74.6 Å². The lowest BCUT2D eigenvalue weighted by molar-refractivity contribution is -0.161. The number of phosphoric ester groups is 1. The van der Waals surface area contributed by atoms with Crippen LogP contribution in [-0.4, -0.2) is 49.3 Å². The fourth-order valence-corrected chi connectivity index (χ4v) is 9.84. The number of nitrogens with two attached hydrogens (primary N) is 1. The van der Waals surface area contributed by atoms with Crippen molar-refractivity contribution in [2.24, 2.45) is 5.73 Å². The van der Waals surface area contributed by atoms with E-state index in [-0.39, 0.29) is 38.6 Å². The normalized spacial score (nSPS) is 13.4. The van der Waals surface area contributed by atoms with Crippen LogP contribution in [0.25, 0.3) is 0 Å². The highest BCUT2D eigenvalue weighted by atomic mass is 31.2. The highest BCUT2D eigenvalue weighted by Crippen LogP contribution is 2.43. The van der Waals surface area contributed by atoms with Crippen LogP contribution < -0.4 is 5.73 Å². The van der Waals surface area contributed by atoms with Crippen LogP contribution >= 0.6 is 7.82 Å². The second-order valence-corrected chi connectivity index (χ2v) is 22.4. The SMILES string of the molecule is CC/C=C\C/C=C\C/C=C\C/C=C\C/C=C\CCCCCCCCCCCCCCCCCCCCCCCC(=O)OC(COC(=O)CCCCCCCCCCCCCCCCCC)COP(=O)(O)OCCN. The molecule has 2 atom stereocenters. The minimum atomic E-state index is -4.38. The maximum Gasteiger partial charge on any atom is 0.472 e. The summed E-state index contributed by atoms with van der Waals surface area (Å²) in [5.74, 6) is -0.811. The van der Waals surface area contributed by atoms with Gasteiger partial charge in [-0.2, -0.15) is 0 Å². The van der Waals surface area contributed by atoms with Crippen molar-refractivity contribution in [2.45, 2.75) is 309 Å². The standard InChI is InChI=1S/C64H118NO8P/c1-3-5-7-9-11-13-15-17-19-21-22-23-24-25-26-27-28-29-30-31-32-33-34-35-36-37-38-39-40-41-43-45-47-49-51-53-55-57-64(67)73-62(61-72-74(68,69)71-59-58-65)60-70-63(66)56-54-52-50-48-46-44-42-20-18-16-14-12-10-8-6-4-2/h5,7,11,13,17,19,22-23,25-26,62H,3-4,6,8-10,12,14-16,18,20-21,24,27-61,65H2,1-2H3,(H,68,69)/b7-5-,13-11-,19-17-,23-22-,26-25-. The molecule has 0 saturated carbocycles. The molecular weight excluding hydrogens is 942 g/mol. The molecule has 9 nitrogen and oxygen atoms in total. The Morgan fingerprint density at radius 2 is 0.743 bits per heavy atom. The van der Waals surface area contributed by atoms with Gasteiger partial charge in [0.2, 0.25) is 0 Å². The Labute approximate surface area is 457 Å². The fraction of sp³-hybridized carbons (Fsp3) is 0.812. The predicted octanol–water partition coefficient (Wildman–Crippen LogP) is 19.9. The van der Waals surface area contributed by atoms with Gasteiger partial charge in [-0.05, 0) is 57.8 Å². The number of hydrogen-bond acceptors (Lipinski definition) is 8. The van der Waals surface area contributed by atoms with Gasteiger partial charge in [0.1, 0.15) is 6.61 Å². The molecule has 2 unspecified atom stereocenters. The van der Waals surface area contributed by atoms with Crippen molar-refractivity contribution in [2.75, 3.05) is 26.4 Å². The maximum absolute atomic E-state index is 12.7. The zero-order valence-electron chi connectivity index (χ0n) is 48.3. The third-order valence-corrected chi connectivity index (χ3v) is 14.7. The molecule has 0 amide bonds. The number of allylic oxidation sites excluding steroid dienone is 10. The Bertz CT molecular complexity index is 1390. The molecule has 0 aromatic carbocycles. The Morgan fingerprint density at radius 3 is 1.11 bits per heavy atom. The van der Waals surface area contributed by atoms with Gasteiger partial charge in [-0.3, -0.25) is 18.6 Å². The van der Waals surface area contributed by atoms with E-state index in [4.69, 9.17) is 24.3 Å². The van der Waals surface area contributed by atoms with E-state index in [1.54, 1.807) is 0 Å². The Kier molecular flexibility index (Phi) is 58.1. The molecule has 0 aliphatic heterocycles. The van der Waals surface area contributed by atoms with E-state index in [0.29, 0.717) is 6.42 Å². The summed E-state index contributed by atoms with van der Waals surface area (Å²) in [7, 11) is -4.38. The van der Waals surface area contributed by atoms with Crippen molar-refractivity contribution < 1.29 is 37.6 Å². The number of unbranched alkanes of at least 4 members (excludes halogenated alkanes) is 36. The lowest BCUT2D eigenvalue weighted by Gasteiger charge is -2.19. The first-order chi connectivity index (χ1) is 36.3. The van der Waals surface area contributed by atoms with Gasteiger partial charge < -0.3 is 20.1 Å². The van der Waals surface area contributed by atoms with Crippen LogP contribution in [0.4, 0.5) is 0 Å². The molecule has 74 heavy (non-hydrogen) atoms. The molecule has 0 heterocycles. The van der Waals surface area contributed by atoms with Crippen LogP contribution in [0.3, 0.4) is 0 Å². The summed E-state index contributed by atoms with van der Waals surface area (Å²) in [6.07, 6.45) is 75.9. The summed E-state index contributed by atoms with van der Waals surface area (Å²) < 4.78 is 33.1. The third-order valence-electron chi connectivity index (χ3n) is 13.7. The number of rotatable bonds is 59. The molecule has 0 aliphatic rings. The van der Waals surface area contributed by atoms with E-state index in [1.807, 2.05) is 0 Å². The average molecular weight is 1060 g/mol. The number of carbonyl (C=O) groups is 2. The van der Waals surface area contributed by atoms with Crippen LogP contribution in [0.2, 0.25) is 0 Å². The lowest BCUT2D eigenvalue weighted by atomic mass is 10.0. The fourth-order valence-electron chi connectivity index (χ4n) is 9.08. The van der Waals surface area contributed by atoms with E-state index in [9.17, 15) is 19.0 Å². The molecule has 0 fully saturated rings. The second-order valence-electron chi connectivity index (χ2n) is 20.9.